The van der Waals surface area contributed by atoms with Crippen molar-refractivity contribution < 1.29 is 14.6 Å². The summed E-state index contributed by atoms with van der Waals surface area (Å²) in [7, 11) is 0. The molecule has 0 fully saturated rings. The van der Waals surface area contributed by atoms with Crippen LogP contribution >= 0.6 is 47.8 Å². The molecule has 0 saturated heterocycles. The summed E-state index contributed by atoms with van der Waals surface area (Å²) in [6, 6.07) is 7.65. The fraction of sp³-hybridized carbons (Fsp3) is 0.263. The third kappa shape index (κ3) is 5.80. The molecule has 0 bridgehead atoms. The number of nitrogens with one attached hydrogen (secondary N) is 1. The summed E-state index contributed by atoms with van der Waals surface area (Å²) in [6.45, 7) is 5.98. The van der Waals surface area contributed by atoms with E-state index in [9.17, 15) is 9.90 Å². The molecule has 0 saturated carbocycles. The van der Waals surface area contributed by atoms with Crippen LogP contribution in [0.1, 0.15) is 36.5 Å². The average molecular weight is 563 g/mol. The summed E-state index contributed by atoms with van der Waals surface area (Å²) >= 11 is 9.93. The fourth-order valence-corrected chi connectivity index (χ4v) is 4.63. The number of nitrogens with zero attached hydrogens (tertiary/aromatic N) is 1. The predicted octanol–water partition coefficient (Wildman–Crippen LogP) is 5.64. The normalized spacial score (nSPS) is 11.2. The topological polar surface area (TPSA) is 70.9 Å². The number of aryl methyl sites for hydroxylation is 1. The molecule has 5 nitrogen and oxygen atoms in total. The number of rotatable bonds is 6. The maximum Gasteiger partial charge on any atom is 0.277 e. The quantitative estimate of drug-likeness (QED) is 0.353. The fourth-order valence-electron chi connectivity index (χ4n) is 2.30. The van der Waals surface area contributed by atoms with Gasteiger partial charge in [0.1, 0.15) is 11.5 Å². The molecule has 2 aromatic carbocycles. The highest BCUT2D eigenvalue weighted by molar-refractivity contribution is 9.11. The lowest BCUT2D eigenvalue weighted by Crippen LogP contribution is -2.25. The van der Waals surface area contributed by atoms with E-state index in [0.29, 0.717) is 30.6 Å². The molecule has 27 heavy (non-hydrogen) atoms. The van der Waals surface area contributed by atoms with E-state index in [1.165, 1.54) is 6.21 Å². The van der Waals surface area contributed by atoms with E-state index in [1.807, 2.05) is 25.1 Å². The first-order chi connectivity index (χ1) is 12.7. The van der Waals surface area contributed by atoms with E-state index < -0.39 is 0 Å². The van der Waals surface area contributed by atoms with Gasteiger partial charge in [0.15, 0.2) is 6.61 Å². The number of amides is 1. The molecule has 0 aliphatic heterocycles. The number of aromatic hydroxyl groups is 1. The summed E-state index contributed by atoms with van der Waals surface area (Å²) in [6.07, 6.45) is 1.43. The van der Waals surface area contributed by atoms with Crippen LogP contribution in [0.2, 0.25) is 0 Å². The van der Waals surface area contributed by atoms with Gasteiger partial charge in [0.2, 0.25) is 0 Å². The van der Waals surface area contributed by atoms with Crippen molar-refractivity contribution in [2.24, 2.45) is 5.10 Å². The van der Waals surface area contributed by atoms with Crippen LogP contribution in [-0.2, 0) is 4.79 Å². The van der Waals surface area contributed by atoms with E-state index in [-0.39, 0.29) is 18.3 Å². The van der Waals surface area contributed by atoms with E-state index in [1.54, 1.807) is 6.07 Å². The second-order valence-electron chi connectivity index (χ2n) is 6.19. The van der Waals surface area contributed by atoms with E-state index in [0.717, 1.165) is 11.1 Å². The van der Waals surface area contributed by atoms with Crippen LogP contribution in [0.4, 0.5) is 0 Å². The second kappa shape index (κ2) is 9.71. The minimum absolute atomic E-state index is 0.0509. The van der Waals surface area contributed by atoms with Crippen molar-refractivity contribution in [1.29, 1.82) is 0 Å². The molecule has 2 N–H and O–H groups in total. The number of phenols is 1. The summed E-state index contributed by atoms with van der Waals surface area (Å²) in [5.41, 5.74) is 5.14. The van der Waals surface area contributed by atoms with Crippen molar-refractivity contribution >= 4 is 59.9 Å². The molecular formula is C19H19Br3N2O3. The Hall–Kier alpha value is -1.38. The number of phenolic OH excluding ortho intramolecular Hbond substituents is 1. The lowest BCUT2D eigenvalue weighted by Gasteiger charge is -2.14. The number of benzene rings is 2. The predicted molar refractivity (Wildman–Crippen MR) is 118 cm³/mol. The lowest BCUT2D eigenvalue weighted by atomic mass is 10.0. The summed E-state index contributed by atoms with van der Waals surface area (Å²) in [5.74, 6) is 0.667. The maximum atomic E-state index is 12.0. The van der Waals surface area contributed by atoms with Crippen LogP contribution in [-0.4, -0.2) is 23.8 Å². The maximum absolute atomic E-state index is 12.0. The number of hydrogen-bond acceptors (Lipinski definition) is 4. The molecule has 0 atom stereocenters. The number of ether oxygens (including phenoxy) is 1. The first-order valence-electron chi connectivity index (χ1n) is 8.12. The smallest absolute Gasteiger partial charge is 0.277 e. The van der Waals surface area contributed by atoms with E-state index >= 15 is 0 Å². The Balaban J connectivity index is 2.01. The van der Waals surface area contributed by atoms with Gasteiger partial charge >= 0.3 is 0 Å². The van der Waals surface area contributed by atoms with Crippen molar-refractivity contribution in [1.82, 2.24) is 5.43 Å². The molecule has 144 valence electrons. The molecular weight excluding hydrogens is 544 g/mol. The molecule has 2 aromatic rings. The monoisotopic (exact) mass is 560 g/mol. The van der Waals surface area contributed by atoms with Gasteiger partial charge in [-0.05, 0) is 68.0 Å². The van der Waals surface area contributed by atoms with Gasteiger partial charge in [0.25, 0.3) is 5.91 Å². The minimum atomic E-state index is -0.379. The van der Waals surface area contributed by atoms with Gasteiger partial charge in [-0.25, -0.2) is 5.43 Å². The van der Waals surface area contributed by atoms with Crippen molar-refractivity contribution in [3.8, 4) is 11.5 Å². The van der Waals surface area contributed by atoms with Crippen molar-refractivity contribution in [2.75, 3.05) is 6.61 Å². The van der Waals surface area contributed by atoms with Crippen LogP contribution in [0.15, 0.2) is 42.8 Å². The Morgan fingerprint density at radius 1 is 1.26 bits per heavy atom. The zero-order chi connectivity index (χ0) is 20.1. The van der Waals surface area contributed by atoms with Gasteiger partial charge in [-0.1, -0.05) is 41.9 Å². The van der Waals surface area contributed by atoms with Gasteiger partial charge in [0, 0.05) is 10.0 Å². The van der Waals surface area contributed by atoms with Gasteiger partial charge in [0.05, 0.1) is 15.2 Å². The van der Waals surface area contributed by atoms with Crippen LogP contribution < -0.4 is 10.2 Å². The number of carbonyl (C=O) groups excluding carboxylic acids is 1. The Morgan fingerprint density at radius 2 is 1.96 bits per heavy atom. The lowest BCUT2D eigenvalue weighted by molar-refractivity contribution is -0.123. The van der Waals surface area contributed by atoms with Gasteiger partial charge in [-0.2, -0.15) is 5.10 Å². The zero-order valence-corrected chi connectivity index (χ0v) is 19.8. The molecule has 0 aromatic heterocycles. The summed E-state index contributed by atoms with van der Waals surface area (Å²) in [5, 5.41) is 13.9. The first kappa shape index (κ1) is 21.9. The number of halogens is 3. The summed E-state index contributed by atoms with van der Waals surface area (Å²) < 4.78 is 7.37. The van der Waals surface area contributed by atoms with Crippen molar-refractivity contribution in [2.45, 2.75) is 26.7 Å². The molecule has 0 spiro atoms. The SMILES string of the molecule is Cc1ccc(C(C)C)c(OCC(=O)NN=Cc2c(Br)cc(Br)c(O)c2Br)c1. The second-order valence-corrected chi connectivity index (χ2v) is 8.70. The molecule has 1 amide bonds. The van der Waals surface area contributed by atoms with Crippen LogP contribution in [0.3, 0.4) is 0 Å². The molecule has 2 rings (SSSR count). The van der Waals surface area contributed by atoms with Crippen molar-refractivity contribution in [3.63, 3.8) is 0 Å². The molecule has 0 radical (unpaired) electrons. The van der Waals surface area contributed by atoms with E-state index in [2.05, 4.69) is 72.2 Å². The molecule has 0 aliphatic rings. The Labute approximate surface area is 183 Å². The van der Waals surface area contributed by atoms with Crippen LogP contribution in [0, 0.1) is 6.92 Å². The first-order valence-corrected chi connectivity index (χ1v) is 10.5. The highest BCUT2D eigenvalue weighted by atomic mass is 79.9. The Kier molecular flexibility index (Phi) is 7.88. The van der Waals surface area contributed by atoms with Gasteiger partial charge in [-0.15, -0.1) is 0 Å². The van der Waals surface area contributed by atoms with Crippen LogP contribution in [0.25, 0.3) is 0 Å². The highest BCUT2D eigenvalue weighted by Gasteiger charge is 2.13. The van der Waals surface area contributed by atoms with Gasteiger partial charge in [-0.3, -0.25) is 4.79 Å². The Bertz CT molecular complexity index is 883. The standard InChI is InChI=1S/C19H19Br3N2O3/c1-10(2)12-5-4-11(3)6-16(12)27-9-17(25)24-23-8-13-14(20)7-15(21)19(26)18(13)22/h4-8,10,26H,9H2,1-3H3,(H,24,25). The summed E-state index contributed by atoms with van der Waals surface area (Å²) in [4.78, 5) is 12.0. The highest BCUT2D eigenvalue weighted by Crippen LogP contribution is 2.38. The third-order valence-electron chi connectivity index (χ3n) is 3.71. The number of carbonyl (C=O) groups is 1. The van der Waals surface area contributed by atoms with E-state index in [4.69, 9.17) is 4.74 Å². The number of hydrazone groups is 1. The molecule has 8 heteroatoms. The molecule has 0 aliphatic carbocycles. The Morgan fingerprint density at radius 3 is 2.63 bits per heavy atom. The molecule has 0 unspecified atom stereocenters. The minimum Gasteiger partial charge on any atom is -0.506 e. The van der Waals surface area contributed by atoms with Crippen LogP contribution in [0.5, 0.6) is 11.5 Å². The number of hydrogen-bond donors (Lipinski definition) is 2. The zero-order valence-electron chi connectivity index (χ0n) is 15.0. The average Bonchev–Trinajstić information content (AvgIpc) is 2.60. The third-order valence-corrected chi connectivity index (χ3v) is 5.78. The largest absolute Gasteiger partial charge is 0.506 e. The molecule has 0 heterocycles. The van der Waals surface area contributed by atoms with Crippen molar-refractivity contribution in [3.05, 3.63) is 54.4 Å². The van der Waals surface area contributed by atoms with Gasteiger partial charge < -0.3 is 9.84 Å².